The first kappa shape index (κ1) is 12.2. The number of hydrogen-bond acceptors (Lipinski definition) is 5. The summed E-state index contributed by atoms with van der Waals surface area (Å²) in [6.45, 7) is 5.94. The van der Waals surface area contributed by atoms with Gasteiger partial charge in [-0.25, -0.2) is 4.79 Å². The van der Waals surface area contributed by atoms with Crippen molar-refractivity contribution in [3.63, 3.8) is 0 Å². The maximum atomic E-state index is 11.2. The molecule has 0 aromatic heterocycles. The molecule has 0 unspecified atom stereocenters. The molecule has 0 heterocycles. The first-order chi connectivity index (χ1) is 5.70. The summed E-state index contributed by atoms with van der Waals surface area (Å²) in [6, 6.07) is 0. The molecule has 0 atom stereocenters. The Labute approximate surface area is 78.2 Å². The Kier molecular flexibility index (Phi) is 3.71. The topological polar surface area (TPSA) is 69.7 Å². The molecular formula is C7H14O5S. The third kappa shape index (κ3) is 3.63. The van der Waals surface area contributed by atoms with Gasteiger partial charge in [-0.3, -0.25) is 0 Å². The fourth-order valence-electron chi connectivity index (χ4n) is 0.356. The van der Waals surface area contributed by atoms with Gasteiger partial charge in [0.15, 0.2) is 0 Å². The lowest BCUT2D eigenvalue weighted by Gasteiger charge is -2.17. The van der Waals surface area contributed by atoms with E-state index in [0.29, 0.717) is 0 Å². The first-order valence-electron chi connectivity index (χ1n) is 3.81. The van der Waals surface area contributed by atoms with E-state index in [9.17, 15) is 13.2 Å². The molecule has 0 rings (SSSR count). The van der Waals surface area contributed by atoms with Crippen molar-refractivity contribution in [1.29, 1.82) is 0 Å². The molecule has 78 valence electrons. The van der Waals surface area contributed by atoms with E-state index < -0.39 is 21.0 Å². The van der Waals surface area contributed by atoms with Crippen LogP contribution in [0.15, 0.2) is 0 Å². The molecule has 0 aliphatic heterocycles. The van der Waals surface area contributed by atoms with Crippen LogP contribution >= 0.6 is 0 Å². The second-order valence-corrected chi connectivity index (χ2v) is 5.63. The lowest BCUT2D eigenvalue weighted by Crippen LogP contribution is -2.31. The van der Waals surface area contributed by atoms with Crippen molar-refractivity contribution in [2.24, 2.45) is 0 Å². The third-order valence-corrected chi connectivity index (χ3v) is 3.05. The number of hydrogen-bond donors (Lipinski definition) is 0. The second kappa shape index (κ2) is 3.95. The Morgan fingerprint density at radius 3 is 2.08 bits per heavy atom. The summed E-state index contributed by atoms with van der Waals surface area (Å²) in [7, 11) is -3.89. The molecule has 5 nitrogen and oxygen atoms in total. The van der Waals surface area contributed by atoms with Crippen LogP contribution in [0.4, 0.5) is 4.79 Å². The monoisotopic (exact) mass is 210 g/mol. The van der Waals surface area contributed by atoms with Gasteiger partial charge in [0.1, 0.15) is 0 Å². The van der Waals surface area contributed by atoms with Crippen LogP contribution < -0.4 is 0 Å². The Morgan fingerprint density at radius 2 is 1.77 bits per heavy atom. The van der Waals surface area contributed by atoms with Crippen molar-refractivity contribution in [1.82, 2.24) is 0 Å². The van der Waals surface area contributed by atoms with Crippen molar-refractivity contribution in [2.45, 2.75) is 32.4 Å². The fraction of sp³-hybridized carbons (Fsp3) is 0.857. The quantitative estimate of drug-likeness (QED) is 0.507. The first-order valence-corrected chi connectivity index (χ1v) is 5.22. The molecule has 0 aliphatic carbocycles. The minimum absolute atomic E-state index is 0.0818. The van der Waals surface area contributed by atoms with Crippen LogP contribution in [0.2, 0.25) is 0 Å². The van der Waals surface area contributed by atoms with Gasteiger partial charge < -0.3 is 8.92 Å². The number of carbonyl (C=O) groups is 1. The Morgan fingerprint density at radius 1 is 1.31 bits per heavy atom. The van der Waals surface area contributed by atoms with Crippen LogP contribution in [0.3, 0.4) is 0 Å². The number of rotatable bonds is 2. The highest BCUT2D eigenvalue weighted by molar-refractivity contribution is 7.88. The summed E-state index contributed by atoms with van der Waals surface area (Å²) in [5, 5.41) is 0. The Bertz CT molecular complexity index is 272. The zero-order valence-corrected chi connectivity index (χ0v) is 8.97. The molecule has 0 radical (unpaired) electrons. The molecule has 0 aliphatic rings. The molecule has 0 spiro atoms. The fourth-order valence-corrected chi connectivity index (χ4v) is 0.834. The third-order valence-electron chi connectivity index (χ3n) is 1.19. The maximum Gasteiger partial charge on any atom is 0.524 e. The lowest BCUT2D eigenvalue weighted by atomic mass is 10.3. The summed E-state index contributed by atoms with van der Waals surface area (Å²) >= 11 is 0. The van der Waals surface area contributed by atoms with Crippen LogP contribution in [0.25, 0.3) is 0 Å². The van der Waals surface area contributed by atoms with E-state index in [-0.39, 0.29) is 6.61 Å². The van der Waals surface area contributed by atoms with E-state index in [1.165, 1.54) is 20.8 Å². The van der Waals surface area contributed by atoms with Crippen molar-refractivity contribution in [3.8, 4) is 0 Å². The van der Waals surface area contributed by atoms with E-state index in [1.54, 1.807) is 6.92 Å². The highest BCUT2D eigenvalue weighted by Crippen LogP contribution is 2.17. The van der Waals surface area contributed by atoms with Gasteiger partial charge in [0.25, 0.3) is 0 Å². The van der Waals surface area contributed by atoms with E-state index in [4.69, 9.17) is 0 Å². The van der Waals surface area contributed by atoms with Gasteiger partial charge >= 0.3 is 16.3 Å². The van der Waals surface area contributed by atoms with E-state index in [1.807, 2.05) is 0 Å². The molecule has 0 aromatic carbocycles. The smallest absolute Gasteiger partial charge is 0.434 e. The van der Waals surface area contributed by atoms with E-state index in [2.05, 4.69) is 8.92 Å². The SMILES string of the molecule is CCOC(=O)OS(=O)(=O)C(C)(C)C. The molecule has 0 fully saturated rings. The molecule has 0 N–H and O–H groups in total. The van der Waals surface area contributed by atoms with Crippen LogP contribution in [0.5, 0.6) is 0 Å². The highest BCUT2D eigenvalue weighted by atomic mass is 32.2. The van der Waals surface area contributed by atoms with Crippen molar-refractivity contribution >= 4 is 16.3 Å². The highest BCUT2D eigenvalue weighted by Gasteiger charge is 2.33. The minimum atomic E-state index is -3.89. The number of ether oxygens (including phenoxy) is 1. The normalized spacial score (nSPS) is 12.3. The summed E-state index contributed by atoms with van der Waals surface area (Å²) in [5.74, 6) is 0. The van der Waals surface area contributed by atoms with Gasteiger partial charge in [0.2, 0.25) is 0 Å². The molecule has 0 saturated carbocycles. The number of carbonyl (C=O) groups excluding carboxylic acids is 1. The average molecular weight is 210 g/mol. The summed E-state index contributed by atoms with van der Waals surface area (Å²) in [6.07, 6.45) is -1.18. The van der Waals surface area contributed by atoms with Crippen molar-refractivity contribution in [2.75, 3.05) is 6.61 Å². The summed E-state index contributed by atoms with van der Waals surface area (Å²) in [5.41, 5.74) is 0. The largest absolute Gasteiger partial charge is 0.524 e. The molecule has 0 saturated heterocycles. The molecule has 0 amide bonds. The van der Waals surface area contributed by atoms with Crippen molar-refractivity contribution in [3.05, 3.63) is 0 Å². The Hall–Kier alpha value is -0.780. The van der Waals surface area contributed by atoms with Gasteiger partial charge in [0.05, 0.1) is 11.4 Å². The van der Waals surface area contributed by atoms with Crippen LogP contribution in [-0.4, -0.2) is 25.9 Å². The van der Waals surface area contributed by atoms with E-state index in [0.717, 1.165) is 0 Å². The minimum Gasteiger partial charge on any atom is -0.434 e. The maximum absolute atomic E-state index is 11.2. The van der Waals surface area contributed by atoms with Crippen molar-refractivity contribution < 1.29 is 22.1 Å². The zero-order chi connectivity index (χ0) is 10.7. The molecular weight excluding hydrogens is 196 g/mol. The van der Waals surface area contributed by atoms with Gasteiger partial charge in [-0.05, 0) is 27.7 Å². The average Bonchev–Trinajstić information content (AvgIpc) is 1.83. The van der Waals surface area contributed by atoms with Crippen LogP contribution in [0.1, 0.15) is 27.7 Å². The summed E-state index contributed by atoms with van der Waals surface area (Å²) in [4.78, 5) is 10.7. The summed E-state index contributed by atoms with van der Waals surface area (Å²) < 4.78 is 29.8. The predicted molar refractivity (Wildman–Crippen MR) is 46.8 cm³/mol. The lowest BCUT2D eigenvalue weighted by molar-refractivity contribution is 0.105. The molecule has 0 bridgehead atoms. The predicted octanol–water partition coefficient (Wildman–Crippen LogP) is 1.29. The van der Waals surface area contributed by atoms with Gasteiger partial charge in [0, 0.05) is 0 Å². The van der Waals surface area contributed by atoms with Gasteiger partial charge in [-0.2, -0.15) is 8.42 Å². The standard InChI is InChI=1S/C7H14O5S/c1-5-11-6(8)12-13(9,10)7(2,3)4/h5H2,1-4H3. The second-order valence-electron chi connectivity index (χ2n) is 3.33. The van der Waals surface area contributed by atoms with Gasteiger partial charge in [-0.1, -0.05) is 0 Å². The molecule has 0 aromatic rings. The zero-order valence-electron chi connectivity index (χ0n) is 8.16. The van der Waals surface area contributed by atoms with Crippen LogP contribution in [-0.2, 0) is 19.0 Å². The van der Waals surface area contributed by atoms with Crippen LogP contribution in [0, 0.1) is 0 Å². The van der Waals surface area contributed by atoms with E-state index >= 15 is 0 Å². The molecule has 13 heavy (non-hydrogen) atoms. The van der Waals surface area contributed by atoms with Gasteiger partial charge in [-0.15, -0.1) is 0 Å². The molecule has 6 heteroatoms. The Balaban J connectivity index is 4.46.